The van der Waals surface area contributed by atoms with Gasteiger partial charge in [-0.3, -0.25) is 14.7 Å². The van der Waals surface area contributed by atoms with Gasteiger partial charge >= 0.3 is 0 Å². The number of hydrogen-bond donors (Lipinski definition) is 0. The van der Waals surface area contributed by atoms with E-state index in [9.17, 15) is 13.2 Å². The number of pyridine rings is 1. The molecule has 1 aliphatic rings. The molecule has 1 fully saturated rings. The van der Waals surface area contributed by atoms with Crippen molar-refractivity contribution in [3.63, 3.8) is 0 Å². The number of carbonyl (C=O) groups is 1. The van der Waals surface area contributed by atoms with Crippen LogP contribution in [0, 0.1) is 5.92 Å². The minimum atomic E-state index is -3.68. The number of hydrogen-bond acceptors (Lipinski definition) is 7. The highest BCUT2D eigenvalue weighted by molar-refractivity contribution is 7.89. The first-order chi connectivity index (χ1) is 17.5. The second-order valence-corrected chi connectivity index (χ2v) is 11.6. The Morgan fingerprint density at radius 2 is 2.00 bits per heavy atom. The Hall–Kier alpha value is -3.34. The summed E-state index contributed by atoms with van der Waals surface area (Å²) in [6.07, 6.45) is 4.64. The Labute approximate surface area is 214 Å². The first kappa shape index (κ1) is 24.4. The number of methoxy groups -OCH3 is 1. The summed E-state index contributed by atoms with van der Waals surface area (Å²) in [4.78, 5) is 24.8. The Bertz CT molecular complexity index is 1460. The number of carbonyl (C=O) groups excluding carboxylic acids is 1. The number of aromatic nitrogens is 2. The van der Waals surface area contributed by atoms with Gasteiger partial charge in [-0.2, -0.15) is 4.31 Å². The fraction of sp³-hybridized carbons (Fsp3) is 0.269. The molecule has 36 heavy (non-hydrogen) atoms. The molecule has 10 heteroatoms. The molecule has 0 bridgehead atoms. The van der Waals surface area contributed by atoms with Gasteiger partial charge < -0.3 is 4.74 Å². The fourth-order valence-electron chi connectivity index (χ4n) is 4.37. The maximum Gasteiger partial charge on any atom is 0.243 e. The number of fused-ring (bicyclic) bond motifs is 1. The quantitative estimate of drug-likeness (QED) is 0.359. The zero-order chi connectivity index (χ0) is 25.1. The van der Waals surface area contributed by atoms with Crippen molar-refractivity contribution in [1.82, 2.24) is 14.3 Å². The van der Waals surface area contributed by atoms with Crippen molar-refractivity contribution < 1.29 is 17.9 Å². The summed E-state index contributed by atoms with van der Waals surface area (Å²) in [5, 5.41) is 0.565. The number of anilines is 1. The van der Waals surface area contributed by atoms with Crippen molar-refractivity contribution in [3.05, 3.63) is 78.6 Å². The van der Waals surface area contributed by atoms with E-state index in [-0.39, 0.29) is 17.3 Å². The molecule has 1 aliphatic heterocycles. The molecular formula is C26H26N4O4S2. The van der Waals surface area contributed by atoms with Gasteiger partial charge in [0.05, 0.1) is 34.7 Å². The molecule has 1 amide bonds. The zero-order valence-corrected chi connectivity index (χ0v) is 21.4. The minimum Gasteiger partial charge on any atom is -0.497 e. The number of benzene rings is 2. The van der Waals surface area contributed by atoms with Gasteiger partial charge in [-0.1, -0.05) is 35.6 Å². The molecule has 5 rings (SSSR count). The lowest BCUT2D eigenvalue weighted by atomic mass is 9.98. The van der Waals surface area contributed by atoms with Crippen LogP contribution < -0.4 is 9.64 Å². The Morgan fingerprint density at radius 3 is 2.75 bits per heavy atom. The lowest BCUT2D eigenvalue weighted by molar-refractivity contribution is -0.123. The average Bonchev–Trinajstić information content (AvgIpc) is 3.35. The second-order valence-electron chi connectivity index (χ2n) is 8.63. The van der Waals surface area contributed by atoms with Crippen LogP contribution in [0.25, 0.3) is 10.2 Å². The molecule has 1 unspecified atom stereocenters. The third-order valence-corrected chi connectivity index (χ3v) is 9.18. The number of amides is 1. The molecule has 0 spiro atoms. The van der Waals surface area contributed by atoms with E-state index in [4.69, 9.17) is 9.72 Å². The van der Waals surface area contributed by atoms with Crippen LogP contribution in [0.4, 0.5) is 5.13 Å². The first-order valence-corrected chi connectivity index (χ1v) is 13.9. The predicted octanol–water partition coefficient (Wildman–Crippen LogP) is 4.33. The highest BCUT2D eigenvalue weighted by atomic mass is 32.2. The SMILES string of the molecule is COc1ccc2nc(N(Cc3cccnc3)C(=O)C3CCCN(S(=O)(=O)c4ccccc4)C3)sc2c1. The van der Waals surface area contributed by atoms with Gasteiger partial charge in [0, 0.05) is 25.5 Å². The summed E-state index contributed by atoms with van der Waals surface area (Å²) in [7, 11) is -2.07. The number of thiazole rings is 1. The number of ether oxygens (including phenoxy) is 1. The highest BCUT2D eigenvalue weighted by Crippen LogP contribution is 2.34. The van der Waals surface area contributed by atoms with Crippen LogP contribution in [0.3, 0.4) is 0 Å². The summed E-state index contributed by atoms with van der Waals surface area (Å²) >= 11 is 1.41. The van der Waals surface area contributed by atoms with Crippen molar-refractivity contribution >= 4 is 42.6 Å². The van der Waals surface area contributed by atoms with E-state index in [2.05, 4.69) is 4.98 Å². The van der Waals surface area contributed by atoms with Gasteiger partial charge in [-0.15, -0.1) is 0 Å². The molecule has 0 radical (unpaired) electrons. The highest BCUT2D eigenvalue weighted by Gasteiger charge is 2.36. The first-order valence-electron chi connectivity index (χ1n) is 11.7. The molecule has 2 aromatic heterocycles. The topological polar surface area (TPSA) is 92.7 Å². The predicted molar refractivity (Wildman–Crippen MR) is 140 cm³/mol. The summed E-state index contributed by atoms with van der Waals surface area (Å²) < 4.78 is 34.1. The Morgan fingerprint density at radius 1 is 1.17 bits per heavy atom. The van der Waals surface area contributed by atoms with E-state index in [1.165, 1.54) is 15.6 Å². The summed E-state index contributed by atoms with van der Waals surface area (Å²) in [5.41, 5.74) is 1.64. The van der Waals surface area contributed by atoms with E-state index in [0.717, 1.165) is 21.5 Å². The smallest absolute Gasteiger partial charge is 0.243 e. The van der Waals surface area contributed by atoms with Gasteiger partial charge in [-0.05, 0) is 54.8 Å². The number of piperidine rings is 1. The van der Waals surface area contributed by atoms with Crippen molar-refractivity contribution in [1.29, 1.82) is 0 Å². The van der Waals surface area contributed by atoms with Crippen LogP contribution in [-0.4, -0.2) is 48.8 Å². The van der Waals surface area contributed by atoms with Gasteiger partial charge in [0.2, 0.25) is 15.9 Å². The summed E-state index contributed by atoms with van der Waals surface area (Å²) in [5.74, 6) is 0.102. The Balaban J connectivity index is 1.45. The van der Waals surface area contributed by atoms with E-state index in [1.54, 1.807) is 54.7 Å². The maximum absolute atomic E-state index is 13.9. The molecule has 4 aromatic rings. The molecule has 8 nitrogen and oxygen atoms in total. The lowest BCUT2D eigenvalue weighted by Crippen LogP contribution is -2.46. The van der Waals surface area contributed by atoms with E-state index >= 15 is 0 Å². The third-order valence-electron chi connectivity index (χ3n) is 6.26. The van der Waals surface area contributed by atoms with Crippen LogP contribution in [0.1, 0.15) is 18.4 Å². The number of nitrogens with zero attached hydrogens (tertiary/aromatic N) is 4. The van der Waals surface area contributed by atoms with Gasteiger partial charge in [-0.25, -0.2) is 13.4 Å². The van der Waals surface area contributed by atoms with Crippen molar-refractivity contribution in [2.45, 2.75) is 24.3 Å². The lowest BCUT2D eigenvalue weighted by Gasteiger charge is -2.33. The van der Waals surface area contributed by atoms with Crippen molar-refractivity contribution in [2.75, 3.05) is 25.1 Å². The third kappa shape index (κ3) is 4.97. The van der Waals surface area contributed by atoms with Crippen LogP contribution in [-0.2, 0) is 21.4 Å². The van der Waals surface area contributed by atoms with Gasteiger partial charge in [0.25, 0.3) is 0 Å². The number of rotatable bonds is 7. The molecular weight excluding hydrogens is 496 g/mol. The fourth-order valence-corrected chi connectivity index (χ4v) is 6.92. The van der Waals surface area contributed by atoms with Crippen LogP contribution in [0.15, 0.2) is 78.0 Å². The van der Waals surface area contributed by atoms with Gasteiger partial charge in [0.1, 0.15) is 5.75 Å². The molecule has 186 valence electrons. The molecule has 2 aromatic carbocycles. The van der Waals surface area contributed by atoms with E-state index in [1.807, 2.05) is 30.3 Å². The van der Waals surface area contributed by atoms with E-state index < -0.39 is 15.9 Å². The second kappa shape index (κ2) is 10.3. The molecule has 0 N–H and O–H groups in total. The number of sulfonamides is 1. The van der Waals surface area contributed by atoms with Crippen LogP contribution >= 0.6 is 11.3 Å². The molecule has 0 aliphatic carbocycles. The summed E-state index contributed by atoms with van der Waals surface area (Å²) in [6.45, 7) is 0.828. The average molecular weight is 523 g/mol. The maximum atomic E-state index is 13.9. The van der Waals surface area contributed by atoms with Crippen LogP contribution in [0.5, 0.6) is 5.75 Å². The molecule has 1 saturated heterocycles. The van der Waals surface area contributed by atoms with Gasteiger partial charge in [0.15, 0.2) is 5.13 Å². The van der Waals surface area contributed by atoms with Crippen molar-refractivity contribution in [2.24, 2.45) is 5.92 Å². The van der Waals surface area contributed by atoms with E-state index in [0.29, 0.717) is 31.1 Å². The van der Waals surface area contributed by atoms with Crippen molar-refractivity contribution in [3.8, 4) is 5.75 Å². The minimum absolute atomic E-state index is 0.137. The molecule has 1 atom stereocenters. The summed E-state index contributed by atoms with van der Waals surface area (Å²) in [6, 6.07) is 17.7. The van der Waals surface area contributed by atoms with Crippen LogP contribution in [0.2, 0.25) is 0 Å². The molecule has 0 saturated carbocycles. The normalized spacial score (nSPS) is 16.6. The Kier molecular flexibility index (Phi) is 6.99. The largest absolute Gasteiger partial charge is 0.497 e. The zero-order valence-electron chi connectivity index (χ0n) is 19.8. The standard InChI is InChI=1S/C26H26N4O4S2/c1-34-21-11-12-23-24(15-21)35-26(28-23)30(17-19-7-5-13-27-16-19)25(31)20-8-6-14-29(18-20)36(32,33)22-9-3-2-4-10-22/h2-5,7,9-13,15-16,20H,6,8,14,17-18H2,1H3. The molecule has 3 heterocycles. The monoisotopic (exact) mass is 522 g/mol.